The minimum Gasteiger partial charge on any atom is -0.354 e. The minimum absolute atomic E-state index is 0.0821. The van der Waals surface area contributed by atoms with E-state index >= 15 is 0 Å². The van der Waals surface area contributed by atoms with Crippen LogP contribution in [0.15, 0.2) is 65.2 Å². The van der Waals surface area contributed by atoms with E-state index in [1.807, 2.05) is 30.3 Å². The van der Waals surface area contributed by atoms with Gasteiger partial charge in [0, 0.05) is 17.8 Å². The van der Waals surface area contributed by atoms with Gasteiger partial charge in [0.25, 0.3) is 5.91 Å². The van der Waals surface area contributed by atoms with Crippen LogP contribution in [0, 0.1) is 11.3 Å². The number of nitrogens with zero attached hydrogens (tertiary/aromatic N) is 2. The molecule has 0 aliphatic carbocycles. The number of para-hydroxylation sites is 1. The second kappa shape index (κ2) is 8.30. The van der Waals surface area contributed by atoms with Gasteiger partial charge in [-0.1, -0.05) is 59.8 Å². The molecule has 0 saturated carbocycles. The summed E-state index contributed by atoms with van der Waals surface area (Å²) in [5.41, 5.74) is 1.38. The molecule has 7 heteroatoms. The predicted octanol–water partition coefficient (Wildman–Crippen LogP) is 3.51. The summed E-state index contributed by atoms with van der Waals surface area (Å²) in [7, 11) is 1.45. The summed E-state index contributed by atoms with van der Waals surface area (Å²) >= 11 is 7.46. The van der Waals surface area contributed by atoms with Crippen molar-refractivity contribution in [2.24, 2.45) is 0 Å². The van der Waals surface area contributed by atoms with Crippen LogP contribution in [-0.2, 0) is 16.0 Å². The molecule has 136 valence electrons. The Morgan fingerprint density at radius 1 is 1.22 bits per heavy atom. The number of halogens is 1. The van der Waals surface area contributed by atoms with Crippen LogP contribution in [0.4, 0.5) is 5.69 Å². The maximum Gasteiger partial charge on any atom is 0.264 e. The molecular weight excluding hydrogens is 382 g/mol. The molecule has 0 bridgehead atoms. The van der Waals surface area contributed by atoms with Crippen LogP contribution in [-0.4, -0.2) is 24.1 Å². The zero-order valence-electron chi connectivity index (χ0n) is 14.5. The fourth-order valence-electron chi connectivity index (χ4n) is 2.79. The van der Waals surface area contributed by atoms with Gasteiger partial charge in [0.05, 0.1) is 5.25 Å². The molecule has 1 heterocycles. The maximum absolute atomic E-state index is 13.2. The number of thioether (sulfide) groups is 1. The van der Waals surface area contributed by atoms with Gasteiger partial charge in [-0.25, -0.2) is 0 Å². The topological polar surface area (TPSA) is 73.2 Å². The molecule has 27 heavy (non-hydrogen) atoms. The Hall–Kier alpha value is -2.75. The van der Waals surface area contributed by atoms with Crippen LogP contribution in [0.2, 0.25) is 5.02 Å². The Morgan fingerprint density at radius 3 is 2.52 bits per heavy atom. The first kappa shape index (κ1) is 19.0. The number of rotatable bonds is 4. The van der Waals surface area contributed by atoms with Gasteiger partial charge in [0.15, 0.2) is 0 Å². The van der Waals surface area contributed by atoms with Gasteiger partial charge in [0.1, 0.15) is 16.7 Å². The lowest BCUT2D eigenvalue weighted by Gasteiger charge is -2.18. The highest BCUT2D eigenvalue weighted by atomic mass is 35.5. The highest BCUT2D eigenvalue weighted by Crippen LogP contribution is 2.42. The number of hydrogen-bond donors (Lipinski definition) is 1. The number of benzene rings is 2. The Bertz CT molecular complexity index is 953. The summed E-state index contributed by atoms with van der Waals surface area (Å²) in [6.45, 7) is 0. The Labute approximate surface area is 166 Å². The third-order valence-corrected chi connectivity index (χ3v) is 5.74. The summed E-state index contributed by atoms with van der Waals surface area (Å²) in [4.78, 5) is 26.8. The van der Waals surface area contributed by atoms with Crippen molar-refractivity contribution in [2.75, 3.05) is 11.9 Å². The Kier molecular flexibility index (Phi) is 5.84. The molecular formula is C20H16ClN3O2S. The first-order chi connectivity index (χ1) is 13.1. The summed E-state index contributed by atoms with van der Waals surface area (Å²) in [6.07, 6.45) is 0.405. The number of carbonyl (C=O) groups excluding carboxylic acids is 2. The summed E-state index contributed by atoms with van der Waals surface area (Å²) in [6, 6.07) is 18.3. The quantitative estimate of drug-likeness (QED) is 0.632. The van der Waals surface area contributed by atoms with Gasteiger partial charge in [-0.05, 0) is 30.2 Å². The molecule has 0 radical (unpaired) electrons. The van der Waals surface area contributed by atoms with Gasteiger partial charge >= 0.3 is 0 Å². The fraction of sp³-hybridized carbons (Fsp3) is 0.150. The molecule has 1 aliphatic rings. The second-order valence-corrected chi connectivity index (χ2v) is 7.38. The molecule has 1 saturated heterocycles. The molecule has 2 aromatic rings. The smallest absolute Gasteiger partial charge is 0.264 e. The molecule has 1 atom stereocenters. The number of nitrogens with one attached hydrogen (secondary N) is 1. The van der Waals surface area contributed by atoms with Crippen molar-refractivity contribution in [2.45, 2.75) is 11.7 Å². The third kappa shape index (κ3) is 3.85. The molecule has 0 aromatic heterocycles. The molecule has 2 aromatic carbocycles. The summed E-state index contributed by atoms with van der Waals surface area (Å²) < 4.78 is 0. The van der Waals surface area contributed by atoms with E-state index in [-0.39, 0.29) is 11.5 Å². The van der Waals surface area contributed by atoms with E-state index in [9.17, 15) is 14.9 Å². The first-order valence-electron chi connectivity index (χ1n) is 8.22. The van der Waals surface area contributed by atoms with Crippen molar-refractivity contribution in [3.05, 3.63) is 75.8 Å². The standard InChI is InChI=1S/C20H16ClN3O2S/c1-23-18(25)15(12-22)20-24(14-8-3-2-4-9-14)19(26)17(27-20)11-13-7-5-6-10-16(13)21/h2-10,17H,11H2,1H3,(H,23,25)/b20-15-. The van der Waals surface area contributed by atoms with Gasteiger partial charge < -0.3 is 5.32 Å². The molecule has 0 spiro atoms. The number of nitriles is 1. The van der Waals surface area contributed by atoms with E-state index in [0.29, 0.717) is 22.2 Å². The lowest BCUT2D eigenvalue weighted by Crippen LogP contribution is -2.31. The monoisotopic (exact) mass is 397 g/mol. The average molecular weight is 398 g/mol. The fourth-order valence-corrected chi connectivity index (χ4v) is 4.30. The van der Waals surface area contributed by atoms with Crippen molar-refractivity contribution in [1.29, 1.82) is 5.26 Å². The zero-order chi connectivity index (χ0) is 19.4. The van der Waals surface area contributed by atoms with Crippen LogP contribution in [0.1, 0.15) is 5.56 Å². The van der Waals surface area contributed by atoms with E-state index in [2.05, 4.69) is 5.32 Å². The molecule has 2 amide bonds. The second-order valence-electron chi connectivity index (χ2n) is 5.78. The summed E-state index contributed by atoms with van der Waals surface area (Å²) in [5.74, 6) is -0.704. The summed E-state index contributed by atoms with van der Waals surface area (Å²) in [5, 5.41) is 12.4. The molecule has 1 aliphatic heterocycles. The van der Waals surface area contributed by atoms with E-state index in [1.165, 1.54) is 23.7 Å². The average Bonchev–Trinajstić information content (AvgIpc) is 3.00. The molecule has 1 N–H and O–H groups in total. The van der Waals surface area contributed by atoms with Gasteiger partial charge in [-0.15, -0.1) is 0 Å². The van der Waals surface area contributed by atoms with Crippen molar-refractivity contribution >= 4 is 40.9 Å². The van der Waals surface area contributed by atoms with Gasteiger partial charge in [-0.2, -0.15) is 5.26 Å². The number of anilines is 1. The SMILES string of the molecule is CNC(=O)/C(C#N)=C1\SC(Cc2ccccc2Cl)C(=O)N1c1ccccc1. The lowest BCUT2D eigenvalue weighted by molar-refractivity contribution is -0.117. The van der Waals surface area contributed by atoms with Crippen LogP contribution < -0.4 is 10.2 Å². The number of hydrogen-bond acceptors (Lipinski definition) is 4. The van der Waals surface area contributed by atoms with E-state index < -0.39 is 11.2 Å². The Balaban J connectivity index is 2.05. The molecule has 3 rings (SSSR count). The lowest BCUT2D eigenvalue weighted by atomic mass is 10.1. The number of likely N-dealkylation sites (N-methyl/N-ethyl adjacent to an activating group) is 1. The maximum atomic E-state index is 13.2. The van der Waals surface area contributed by atoms with Crippen LogP contribution in [0.25, 0.3) is 0 Å². The predicted molar refractivity (Wildman–Crippen MR) is 107 cm³/mol. The number of amides is 2. The third-order valence-electron chi connectivity index (χ3n) is 4.11. The normalized spacial score (nSPS) is 18.2. The zero-order valence-corrected chi connectivity index (χ0v) is 16.1. The van der Waals surface area contributed by atoms with Crippen LogP contribution in [0.5, 0.6) is 0 Å². The van der Waals surface area contributed by atoms with E-state index in [1.54, 1.807) is 30.3 Å². The van der Waals surface area contributed by atoms with E-state index in [0.717, 1.165) is 5.56 Å². The van der Waals surface area contributed by atoms with Crippen LogP contribution >= 0.6 is 23.4 Å². The van der Waals surface area contributed by atoms with Crippen molar-refractivity contribution in [3.8, 4) is 6.07 Å². The van der Waals surface area contributed by atoms with E-state index in [4.69, 9.17) is 11.6 Å². The highest BCUT2D eigenvalue weighted by Gasteiger charge is 2.40. The first-order valence-corrected chi connectivity index (χ1v) is 9.48. The van der Waals surface area contributed by atoms with Crippen molar-refractivity contribution < 1.29 is 9.59 Å². The van der Waals surface area contributed by atoms with Crippen molar-refractivity contribution in [3.63, 3.8) is 0 Å². The number of carbonyl (C=O) groups is 2. The molecule has 1 unspecified atom stereocenters. The minimum atomic E-state index is -0.521. The molecule has 1 fully saturated rings. The van der Waals surface area contributed by atoms with Gasteiger partial charge in [0.2, 0.25) is 5.91 Å². The van der Waals surface area contributed by atoms with Crippen LogP contribution in [0.3, 0.4) is 0 Å². The van der Waals surface area contributed by atoms with Crippen molar-refractivity contribution in [1.82, 2.24) is 5.32 Å². The Morgan fingerprint density at radius 2 is 1.89 bits per heavy atom. The molecule has 5 nitrogen and oxygen atoms in total. The largest absolute Gasteiger partial charge is 0.354 e. The highest BCUT2D eigenvalue weighted by molar-refractivity contribution is 8.05. The van der Waals surface area contributed by atoms with Gasteiger partial charge in [-0.3, -0.25) is 14.5 Å².